The number of benzene rings is 2. The number of hydrogen-bond donors (Lipinski definition) is 1. The van der Waals surface area contributed by atoms with Gasteiger partial charge in [0.25, 0.3) is 0 Å². The van der Waals surface area contributed by atoms with Crippen molar-refractivity contribution in [3.05, 3.63) is 59.4 Å². The molecule has 3 rings (SSSR count). The Balaban J connectivity index is 1.56. The van der Waals surface area contributed by atoms with Crippen LogP contribution in [0.25, 0.3) is 0 Å². The maximum absolute atomic E-state index is 13.9. The van der Waals surface area contributed by atoms with E-state index >= 15 is 0 Å². The van der Waals surface area contributed by atoms with Crippen molar-refractivity contribution in [2.24, 2.45) is 5.92 Å². The quantitative estimate of drug-likeness (QED) is 0.648. The number of methoxy groups -OCH3 is 2. The van der Waals surface area contributed by atoms with E-state index in [1.807, 2.05) is 19.1 Å². The van der Waals surface area contributed by atoms with Gasteiger partial charge in [-0.3, -0.25) is 4.79 Å². The third-order valence-electron chi connectivity index (χ3n) is 5.78. The Morgan fingerprint density at radius 3 is 2.41 bits per heavy atom. The third-order valence-corrected chi connectivity index (χ3v) is 7.61. The number of piperidine rings is 1. The highest BCUT2D eigenvalue weighted by Gasteiger charge is 2.32. The summed E-state index contributed by atoms with van der Waals surface area (Å²) in [5.41, 5.74) is 1.03. The second kappa shape index (κ2) is 10.3. The third kappa shape index (κ3) is 5.58. The highest BCUT2D eigenvalue weighted by molar-refractivity contribution is 7.88. The minimum Gasteiger partial charge on any atom is -0.493 e. The average molecular weight is 465 g/mol. The second-order valence-corrected chi connectivity index (χ2v) is 9.83. The van der Waals surface area contributed by atoms with Gasteiger partial charge in [-0.2, -0.15) is 0 Å². The zero-order valence-electron chi connectivity index (χ0n) is 18.5. The smallest absolute Gasteiger partial charge is 0.223 e. The molecule has 0 aliphatic carbocycles. The van der Waals surface area contributed by atoms with E-state index in [4.69, 9.17) is 9.47 Å². The molecule has 1 saturated heterocycles. The molecule has 174 valence electrons. The van der Waals surface area contributed by atoms with E-state index in [1.54, 1.807) is 26.4 Å². The number of halogens is 1. The maximum atomic E-state index is 13.9. The summed E-state index contributed by atoms with van der Waals surface area (Å²) in [6.07, 6.45) is 0.835. The largest absolute Gasteiger partial charge is 0.493 e. The van der Waals surface area contributed by atoms with Crippen molar-refractivity contribution in [2.45, 2.75) is 31.6 Å². The summed E-state index contributed by atoms with van der Waals surface area (Å²) in [6, 6.07) is 11.1. The van der Waals surface area contributed by atoms with Crippen LogP contribution in [0.5, 0.6) is 11.5 Å². The van der Waals surface area contributed by atoms with Gasteiger partial charge in [-0.1, -0.05) is 24.3 Å². The topological polar surface area (TPSA) is 84.9 Å². The van der Waals surface area contributed by atoms with Crippen molar-refractivity contribution in [3.8, 4) is 11.5 Å². The van der Waals surface area contributed by atoms with Crippen LogP contribution in [0, 0.1) is 11.7 Å². The Kier molecular flexibility index (Phi) is 7.73. The second-order valence-electron chi connectivity index (χ2n) is 7.87. The molecule has 32 heavy (non-hydrogen) atoms. The minimum absolute atomic E-state index is 0.113. The van der Waals surface area contributed by atoms with Gasteiger partial charge in [0.15, 0.2) is 11.5 Å². The zero-order chi connectivity index (χ0) is 23.3. The molecule has 0 aromatic heterocycles. The monoisotopic (exact) mass is 464 g/mol. The molecule has 1 aliphatic heterocycles. The van der Waals surface area contributed by atoms with Gasteiger partial charge in [0.2, 0.25) is 15.9 Å². The zero-order valence-corrected chi connectivity index (χ0v) is 19.3. The summed E-state index contributed by atoms with van der Waals surface area (Å²) in [6.45, 7) is 2.35. The van der Waals surface area contributed by atoms with Gasteiger partial charge in [-0.15, -0.1) is 0 Å². The Bertz CT molecular complexity index is 1050. The lowest BCUT2D eigenvalue weighted by molar-refractivity contribution is -0.126. The summed E-state index contributed by atoms with van der Waals surface area (Å²) in [5.74, 6) is -0.115. The van der Waals surface area contributed by atoms with Crippen molar-refractivity contribution >= 4 is 15.9 Å². The molecule has 9 heteroatoms. The normalized spacial score (nSPS) is 16.4. The van der Waals surface area contributed by atoms with Crippen LogP contribution < -0.4 is 14.8 Å². The highest BCUT2D eigenvalue weighted by atomic mass is 32.2. The summed E-state index contributed by atoms with van der Waals surface area (Å²) < 4.78 is 51.2. The maximum Gasteiger partial charge on any atom is 0.223 e. The Morgan fingerprint density at radius 2 is 1.78 bits per heavy atom. The van der Waals surface area contributed by atoms with E-state index < -0.39 is 15.8 Å². The van der Waals surface area contributed by atoms with E-state index in [0.29, 0.717) is 24.3 Å². The SMILES string of the molecule is COc1ccc([C@@H](C)NC(=O)C2CCN(S(=O)(=O)Cc3ccccc3F)CC2)cc1OC. The van der Waals surface area contributed by atoms with Gasteiger partial charge in [0.05, 0.1) is 26.0 Å². The predicted octanol–water partition coefficient (Wildman–Crippen LogP) is 3.26. The van der Waals surface area contributed by atoms with Crippen LogP contribution in [0.4, 0.5) is 4.39 Å². The first-order valence-electron chi connectivity index (χ1n) is 10.5. The van der Waals surface area contributed by atoms with Crippen molar-refractivity contribution in [2.75, 3.05) is 27.3 Å². The first-order valence-corrected chi connectivity index (χ1v) is 12.1. The molecule has 2 aromatic rings. The molecular weight excluding hydrogens is 435 g/mol. The van der Waals surface area contributed by atoms with E-state index in [1.165, 1.54) is 22.5 Å². The van der Waals surface area contributed by atoms with Gasteiger partial charge >= 0.3 is 0 Å². The summed E-state index contributed by atoms with van der Waals surface area (Å²) in [5, 5.41) is 3.00. The number of rotatable bonds is 8. The number of hydrogen-bond acceptors (Lipinski definition) is 5. The van der Waals surface area contributed by atoms with Crippen molar-refractivity contribution < 1.29 is 27.1 Å². The predicted molar refractivity (Wildman–Crippen MR) is 119 cm³/mol. The fourth-order valence-electron chi connectivity index (χ4n) is 3.84. The first-order chi connectivity index (χ1) is 15.2. The lowest BCUT2D eigenvalue weighted by atomic mass is 9.96. The molecule has 0 bridgehead atoms. The molecule has 2 aromatic carbocycles. The standard InChI is InChI=1S/C23H29FN2O5S/c1-16(18-8-9-21(30-2)22(14-18)31-3)25-23(27)17-10-12-26(13-11-17)32(28,29)15-19-6-4-5-7-20(19)24/h4-9,14,16-17H,10-13,15H2,1-3H3,(H,25,27)/t16-/m1/s1. The summed E-state index contributed by atoms with van der Waals surface area (Å²) in [7, 11) is -0.537. The number of ether oxygens (including phenoxy) is 2. The molecule has 0 radical (unpaired) electrons. The van der Waals surface area contributed by atoms with Crippen LogP contribution in [0.1, 0.15) is 36.9 Å². The van der Waals surface area contributed by atoms with E-state index in [9.17, 15) is 17.6 Å². The number of nitrogens with one attached hydrogen (secondary N) is 1. The molecule has 0 unspecified atom stereocenters. The Hall–Kier alpha value is -2.65. The number of carbonyl (C=O) groups excluding carboxylic acids is 1. The fourth-order valence-corrected chi connectivity index (χ4v) is 5.41. The van der Waals surface area contributed by atoms with E-state index in [-0.39, 0.29) is 42.3 Å². The molecule has 0 spiro atoms. The van der Waals surface area contributed by atoms with Crippen LogP contribution in [-0.4, -0.2) is 45.9 Å². The van der Waals surface area contributed by atoms with Crippen LogP contribution in [-0.2, 0) is 20.6 Å². The fraction of sp³-hybridized carbons (Fsp3) is 0.435. The van der Waals surface area contributed by atoms with Gasteiger partial charge in [-0.25, -0.2) is 17.1 Å². The van der Waals surface area contributed by atoms with Gasteiger partial charge in [0.1, 0.15) is 5.82 Å². The average Bonchev–Trinajstić information content (AvgIpc) is 2.80. The number of carbonyl (C=O) groups is 1. The molecule has 1 atom stereocenters. The molecule has 7 nitrogen and oxygen atoms in total. The first kappa shape index (κ1) is 24.0. The van der Waals surface area contributed by atoms with Gasteiger partial charge in [0, 0.05) is 24.6 Å². The van der Waals surface area contributed by atoms with Crippen LogP contribution in [0.15, 0.2) is 42.5 Å². The van der Waals surface area contributed by atoms with Gasteiger partial charge < -0.3 is 14.8 Å². The number of nitrogens with zero attached hydrogens (tertiary/aromatic N) is 1. The van der Waals surface area contributed by atoms with Gasteiger partial charge in [-0.05, 0) is 43.5 Å². The van der Waals surface area contributed by atoms with Crippen LogP contribution in [0.3, 0.4) is 0 Å². The molecule has 1 fully saturated rings. The van der Waals surface area contributed by atoms with Crippen LogP contribution in [0.2, 0.25) is 0 Å². The lowest BCUT2D eigenvalue weighted by Gasteiger charge is -2.31. The van der Waals surface area contributed by atoms with Crippen molar-refractivity contribution in [1.82, 2.24) is 9.62 Å². The molecule has 1 amide bonds. The highest BCUT2D eigenvalue weighted by Crippen LogP contribution is 2.30. The molecular formula is C23H29FN2O5S. The molecule has 1 aliphatic rings. The molecule has 1 N–H and O–H groups in total. The minimum atomic E-state index is -3.65. The van der Waals surface area contributed by atoms with Crippen molar-refractivity contribution in [1.29, 1.82) is 0 Å². The lowest BCUT2D eigenvalue weighted by Crippen LogP contribution is -2.43. The van der Waals surface area contributed by atoms with Crippen molar-refractivity contribution in [3.63, 3.8) is 0 Å². The Morgan fingerprint density at radius 1 is 1.12 bits per heavy atom. The number of amides is 1. The number of sulfonamides is 1. The molecule has 1 heterocycles. The van der Waals surface area contributed by atoms with Crippen LogP contribution >= 0.6 is 0 Å². The molecule has 0 saturated carbocycles. The Labute approximate surface area is 188 Å². The van der Waals surface area contributed by atoms with E-state index in [2.05, 4.69) is 5.32 Å². The summed E-state index contributed by atoms with van der Waals surface area (Å²) >= 11 is 0. The summed E-state index contributed by atoms with van der Waals surface area (Å²) in [4.78, 5) is 12.8. The van der Waals surface area contributed by atoms with E-state index in [0.717, 1.165) is 5.56 Å².